The molecule has 0 aromatic heterocycles. The van der Waals surface area contributed by atoms with E-state index in [0.29, 0.717) is 0 Å². The molecule has 11 nitrogen and oxygen atoms in total. The second-order valence-electron chi connectivity index (χ2n) is 7.86. The third kappa shape index (κ3) is 9.91. The van der Waals surface area contributed by atoms with Gasteiger partial charge in [0.1, 0.15) is 0 Å². The second-order valence-corrected chi connectivity index (χ2v) is 7.86. The highest BCUT2D eigenvalue weighted by Crippen LogP contribution is 2.20. The molecule has 1 aromatic carbocycles. The molecule has 182 valence electrons. The Morgan fingerprint density at radius 2 is 1.97 bits per heavy atom. The van der Waals surface area contributed by atoms with Crippen LogP contribution in [0.1, 0.15) is 49.9 Å². The van der Waals surface area contributed by atoms with E-state index in [-0.39, 0.29) is 31.7 Å². The smallest absolute Gasteiger partial charge is 0.426 e. The molecule has 2 atom stereocenters. The van der Waals surface area contributed by atoms with Crippen molar-refractivity contribution in [2.75, 3.05) is 6.54 Å². The highest BCUT2D eigenvalue weighted by Gasteiger charge is 2.30. The average Bonchev–Trinajstić information content (AvgIpc) is 2.70. The molecule has 0 saturated heterocycles. The van der Waals surface area contributed by atoms with Gasteiger partial charge in [0.2, 0.25) is 5.91 Å². The predicted molar refractivity (Wildman–Crippen MR) is 116 cm³/mol. The Hall–Kier alpha value is -3.13. The van der Waals surface area contributed by atoms with Crippen LogP contribution in [-0.4, -0.2) is 52.3 Å². The number of hydrogen-bond donors (Lipinski definition) is 5. The van der Waals surface area contributed by atoms with Crippen LogP contribution in [0.4, 0.5) is 8.78 Å². The molecule has 1 amide bonds. The summed E-state index contributed by atoms with van der Waals surface area (Å²) in [6, 6.07) is 3.13. The molecule has 0 aliphatic heterocycles. The van der Waals surface area contributed by atoms with Crippen molar-refractivity contribution in [3.63, 3.8) is 0 Å². The third-order valence-corrected chi connectivity index (χ3v) is 4.67. The first-order valence-electron chi connectivity index (χ1n) is 10.3. The minimum absolute atomic E-state index is 0.0168. The largest absolute Gasteiger partial charge is 0.475 e. The van der Waals surface area contributed by atoms with E-state index in [1.54, 1.807) is 5.43 Å². The number of benzene rings is 1. The predicted octanol–water partition coefficient (Wildman–Crippen LogP) is 0.573. The van der Waals surface area contributed by atoms with Crippen LogP contribution in [0.3, 0.4) is 0 Å². The second kappa shape index (κ2) is 13.4. The lowest BCUT2D eigenvalue weighted by Gasteiger charge is -2.23. The van der Waals surface area contributed by atoms with Crippen LogP contribution in [0.25, 0.3) is 0 Å². The molecule has 14 heteroatoms. The zero-order valence-electron chi connectivity index (χ0n) is 18.3. The maximum Gasteiger partial charge on any atom is 0.475 e. The van der Waals surface area contributed by atoms with Gasteiger partial charge in [-0.15, -0.1) is 0 Å². The quantitative estimate of drug-likeness (QED) is 0.0527. The number of hydrogen-bond acceptors (Lipinski definition) is 7. The average molecular weight is 471 g/mol. The van der Waals surface area contributed by atoms with Gasteiger partial charge in [-0.25, -0.2) is 23.9 Å². The number of carbonyl (C=O) groups excluding carboxylic acids is 2. The molecule has 1 aromatic rings. The Balaban J connectivity index is 2.97. The standard InChI is InChI=1S/C19H28BF2N5O6/c1-11(2)9-16(20(30)31)25-18(29)12(5-4-8-24-19(23)26-27(32)33)10-15(28)13-6-3-7-14(21)17(13)22/h3,6-7,11-12,16,30-31H,4-5,8-10H2,1-2H3,(H,25,29)(H3,23,24,26)/t12-,16+/m1/s1. The molecule has 0 fully saturated rings. The van der Waals surface area contributed by atoms with Gasteiger partial charge in [-0.1, -0.05) is 25.3 Å². The van der Waals surface area contributed by atoms with Crippen molar-refractivity contribution in [1.82, 2.24) is 10.7 Å². The number of amides is 1. The SMILES string of the molecule is CC(C)C[C@H](NC(=O)[C@H](CCCN=C(N)N[N+](=O)[O-])CC(=O)c1cccc(F)c1F)B(O)O. The number of nitrogens with zero attached hydrogens (tertiary/aromatic N) is 2. The lowest BCUT2D eigenvalue weighted by atomic mass is 9.74. The first kappa shape index (κ1) is 27.9. The lowest BCUT2D eigenvalue weighted by molar-refractivity contribution is -0.525. The molecule has 0 saturated carbocycles. The van der Waals surface area contributed by atoms with Crippen molar-refractivity contribution in [3.8, 4) is 0 Å². The minimum Gasteiger partial charge on any atom is -0.426 e. The summed E-state index contributed by atoms with van der Waals surface area (Å²) >= 11 is 0. The van der Waals surface area contributed by atoms with E-state index < -0.39 is 65.3 Å². The fourth-order valence-electron chi connectivity index (χ4n) is 3.11. The Labute approximate surface area is 189 Å². The third-order valence-electron chi connectivity index (χ3n) is 4.67. The number of nitrogens with two attached hydrogens (primary N) is 1. The van der Waals surface area contributed by atoms with Crippen LogP contribution in [-0.2, 0) is 4.79 Å². The topological polar surface area (TPSA) is 180 Å². The summed E-state index contributed by atoms with van der Waals surface area (Å²) in [7, 11) is -1.84. The molecule has 0 aliphatic rings. The molecule has 0 aliphatic carbocycles. The molecule has 0 spiro atoms. The van der Waals surface area contributed by atoms with Crippen molar-refractivity contribution < 1.29 is 33.5 Å². The van der Waals surface area contributed by atoms with Gasteiger partial charge in [0, 0.05) is 18.9 Å². The maximum absolute atomic E-state index is 14.0. The van der Waals surface area contributed by atoms with Gasteiger partial charge in [-0.2, -0.15) is 0 Å². The number of ketones is 1. The van der Waals surface area contributed by atoms with Gasteiger partial charge in [0.05, 0.1) is 11.5 Å². The van der Waals surface area contributed by atoms with Crippen molar-refractivity contribution in [3.05, 3.63) is 45.5 Å². The van der Waals surface area contributed by atoms with Gasteiger partial charge >= 0.3 is 7.12 Å². The van der Waals surface area contributed by atoms with Gasteiger partial charge in [-0.3, -0.25) is 9.59 Å². The molecule has 0 bridgehead atoms. The number of guanidine groups is 1. The van der Waals surface area contributed by atoms with Crippen LogP contribution in [0.2, 0.25) is 0 Å². The summed E-state index contributed by atoms with van der Waals surface area (Å²) in [6.45, 7) is 3.62. The van der Waals surface area contributed by atoms with E-state index in [1.165, 1.54) is 6.07 Å². The number of nitrogens with one attached hydrogen (secondary N) is 2. The van der Waals surface area contributed by atoms with Gasteiger partial charge < -0.3 is 21.1 Å². The summed E-state index contributed by atoms with van der Waals surface area (Å²) < 4.78 is 27.5. The van der Waals surface area contributed by atoms with Crippen LogP contribution in [0.5, 0.6) is 0 Å². The van der Waals surface area contributed by atoms with E-state index >= 15 is 0 Å². The summed E-state index contributed by atoms with van der Waals surface area (Å²) in [5, 5.41) is 31.0. The number of hydrazine groups is 1. The first-order valence-corrected chi connectivity index (χ1v) is 10.3. The van der Waals surface area contributed by atoms with Gasteiger partial charge in [0.15, 0.2) is 22.5 Å². The number of Topliss-reactive ketones (excluding diaryl/α,β-unsaturated/α-hetero) is 1. The zero-order valence-corrected chi connectivity index (χ0v) is 18.3. The summed E-state index contributed by atoms with van der Waals surface area (Å²) in [5.74, 6) is -6.48. The Morgan fingerprint density at radius 1 is 1.30 bits per heavy atom. The molecular weight excluding hydrogens is 443 g/mol. The van der Waals surface area contributed by atoms with E-state index in [1.807, 2.05) is 13.8 Å². The number of nitro groups is 1. The number of rotatable bonds is 13. The van der Waals surface area contributed by atoms with E-state index in [2.05, 4.69) is 10.3 Å². The highest BCUT2D eigenvalue weighted by molar-refractivity contribution is 6.43. The number of carbonyl (C=O) groups is 2. The Bertz CT molecular complexity index is 871. The van der Waals surface area contributed by atoms with Gasteiger partial charge in [0.25, 0.3) is 5.96 Å². The molecule has 1 rings (SSSR count). The van der Waals surface area contributed by atoms with Gasteiger partial charge in [-0.05, 0) is 37.3 Å². The van der Waals surface area contributed by atoms with E-state index in [4.69, 9.17) is 5.73 Å². The van der Waals surface area contributed by atoms with Crippen molar-refractivity contribution >= 4 is 24.8 Å². The van der Waals surface area contributed by atoms with Crippen LogP contribution < -0.4 is 16.5 Å². The van der Waals surface area contributed by atoms with Crippen LogP contribution >= 0.6 is 0 Å². The van der Waals surface area contributed by atoms with Crippen LogP contribution in [0.15, 0.2) is 23.2 Å². The van der Waals surface area contributed by atoms with E-state index in [9.17, 15) is 38.5 Å². The van der Waals surface area contributed by atoms with E-state index in [0.717, 1.165) is 12.1 Å². The lowest BCUT2D eigenvalue weighted by Crippen LogP contribution is -2.49. The highest BCUT2D eigenvalue weighted by atomic mass is 19.2. The molecule has 6 N–H and O–H groups in total. The minimum atomic E-state index is -1.84. The monoisotopic (exact) mass is 471 g/mol. The normalized spacial score (nSPS) is 13.4. The molecule has 33 heavy (non-hydrogen) atoms. The molecule has 0 unspecified atom stereocenters. The van der Waals surface area contributed by atoms with Crippen molar-refractivity contribution in [2.45, 2.75) is 45.5 Å². The molecule has 0 radical (unpaired) electrons. The fourth-order valence-corrected chi connectivity index (χ4v) is 3.11. The Morgan fingerprint density at radius 3 is 2.55 bits per heavy atom. The first-order chi connectivity index (χ1) is 15.4. The number of aliphatic imine (C=N–C) groups is 1. The summed E-state index contributed by atoms with van der Waals surface area (Å²) in [4.78, 5) is 39.4. The molecule has 0 heterocycles. The van der Waals surface area contributed by atoms with Crippen molar-refractivity contribution in [2.24, 2.45) is 22.6 Å². The van der Waals surface area contributed by atoms with Crippen LogP contribution in [0, 0.1) is 33.6 Å². The maximum atomic E-state index is 14.0. The fraction of sp³-hybridized carbons (Fsp3) is 0.526. The van der Waals surface area contributed by atoms with Crippen molar-refractivity contribution in [1.29, 1.82) is 0 Å². The number of halogens is 2. The summed E-state index contributed by atoms with van der Waals surface area (Å²) in [5.41, 5.74) is 6.47. The molecular formula is C19H28BF2N5O6. The summed E-state index contributed by atoms with van der Waals surface area (Å²) in [6.07, 6.45) is -0.0161. The zero-order chi connectivity index (χ0) is 25.1. The Kier molecular flexibility index (Phi) is 11.4.